The van der Waals surface area contributed by atoms with Crippen LogP contribution in [0.4, 0.5) is 0 Å². The summed E-state index contributed by atoms with van der Waals surface area (Å²) in [5.74, 6) is 1.31. The molecule has 0 saturated carbocycles. The minimum atomic E-state index is -0.0386. The number of carbonyl (C=O) groups is 1. The van der Waals surface area contributed by atoms with Crippen molar-refractivity contribution in [3.05, 3.63) is 0 Å². The molecule has 0 rings (SSSR count). The van der Waals surface area contributed by atoms with Crippen molar-refractivity contribution >= 4 is 5.97 Å². The Morgan fingerprint density at radius 1 is 0.429 bits per heavy atom. The van der Waals surface area contributed by atoms with Crippen LogP contribution in [0.2, 0.25) is 0 Å². The van der Waals surface area contributed by atoms with E-state index in [1.54, 1.807) is 0 Å². The number of esters is 1. The van der Waals surface area contributed by atoms with Crippen molar-refractivity contribution in [1.29, 1.82) is 0 Å². The second-order valence-electron chi connectivity index (χ2n) is 17.5. The van der Waals surface area contributed by atoms with Crippen LogP contribution in [0.25, 0.3) is 0 Å². The molecule has 0 bridgehead atoms. The number of hydrogen-bond acceptors (Lipinski definition) is 5. The van der Waals surface area contributed by atoms with E-state index in [0.717, 1.165) is 44.9 Å². The van der Waals surface area contributed by atoms with Crippen molar-refractivity contribution in [2.45, 2.75) is 266 Å². The summed E-state index contributed by atoms with van der Waals surface area (Å²) in [6.07, 6.45) is 47.5. The number of unbranched alkanes of at least 4 members (excludes halogenated alkanes) is 25. The third-order valence-corrected chi connectivity index (χ3v) is 11.8. The molecule has 0 aliphatic carbocycles. The van der Waals surface area contributed by atoms with Crippen molar-refractivity contribution in [2.75, 3.05) is 46.6 Å². The molecule has 2 unspecified atom stereocenters. The van der Waals surface area contributed by atoms with Gasteiger partial charge in [-0.15, -0.1) is 0 Å². The van der Waals surface area contributed by atoms with Gasteiger partial charge in [-0.1, -0.05) is 221 Å². The van der Waals surface area contributed by atoms with Crippen LogP contribution in [0.15, 0.2) is 0 Å². The largest absolute Gasteiger partial charge is 0.465 e. The summed E-state index contributed by atoms with van der Waals surface area (Å²) in [6, 6.07) is 0. The maximum Gasteiger partial charge on any atom is 0.305 e. The molecule has 0 radical (unpaired) electrons. The molecule has 0 aliphatic heterocycles. The quantitative estimate of drug-likeness (QED) is 0.0491. The van der Waals surface area contributed by atoms with Crippen LogP contribution in [0, 0.1) is 11.8 Å². The van der Waals surface area contributed by atoms with Crippen molar-refractivity contribution in [2.24, 2.45) is 11.8 Å². The molecule has 5 heteroatoms. The normalized spacial score (nSPS) is 12.5. The van der Waals surface area contributed by atoms with Gasteiger partial charge >= 0.3 is 5.97 Å². The Kier molecular flexibility index (Phi) is 51.8. The lowest BCUT2D eigenvalue weighted by Gasteiger charge is -2.21. The molecule has 0 aromatic rings. The van der Waals surface area contributed by atoms with E-state index in [4.69, 9.17) is 9.47 Å². The van der Waals surface area contributed by atoms with E-state index in [0.29, 0.717) is 25.5 Å². The average Bonchev–Trinajstić information content (AvgIpc) is 3.20. The number of ether oxygens (including phenoxy) is 2. The molecule has 0 heterocycles. The van der Waals surface area contributed by atoms with Gasteiger partial charge in [-0.2, -0.15) is 0 Å². The zero-order valence-electron chi connectivity index (χ0n) is 39.5. The highest BCUT2D eigenvalue weighted by atomic mass is 16.5. The maximum atomic E-state index is 12.4. The molecule has 5 nitrogen and oxygen atoms in total. The minimum Gasteiger partial charge on any atom is -0.465 e. The Balaban J connectivity index is 0. The van der Waals surface area contributed by atoms with Crippen molar-refractivity contribution in [1.82, 2.24) is 4.90 Å². The first-order chi connectivity index (χ1) is 27.5. The molecule has 0 saturated heterocycles. The Morgan fingerprint density at radius 3 is 1.09 bits per heavy atom. The number of rotatable bonds is 45. The fraction of sp³-hybridized carbons (Fsp3) is 0.980. The summed E-state index contributed by atoms with van der Waals surface area (Å²) in [6.45, 7) is 15.7. The number of aliphatic hydroxyl groups is 1. The molecule has 0 fully saturated rings. The highest BCUT2D eigenvalue weighted by Gasteiger charge is 2.13. The van der Waals surface area contributed by atoms with Crippen LogP contribution >= 0.6 is 0 Å². The second kappa shape index (κ2) is 50.5. The fourth-order valence-corrected chi connectivity index (χ4v) is 8.01. The van der Waals surface area contributed by atoms with Crippen molar-refractivity contribution in [3.8, 4) is 0 Å². The zero-order valence-corrected chi connectivity index (χ0v) is 39.5. The van der Waals surface area contributed by atoms with E-state index in [1.165, 1.54) is 205 Å². The van der Waals surface area contributed by atoms with Gasteiger partial charge in [0.25, 0.3) is 0 Å². The second-order valence-corrected chi connectivity index (χ2v) is 17.5. The molecule has 0 aromatic heterocycles. The molecular formula is C51H105NO4. The Bertz CT molecular complexity index is 718. The summed E-state index contributed by atoms with van der Waals surface area (Å²) in [5.41, 5.74) is 0. The predicted molar refractivity (Wildman–Crippen MR) is 248 cm³/mol. The highest BCUT2D eigenvalue weighted by Crippen LogP contribution is 2.22. The van der Waals surface area contributed by atoms with E-state index in [1.807, 2.05) is 7.11 Å². The van der Waals surface area contributed by atoms with E-state index in [9.17, 15) is 9.90 Å². The van der Waals surface area contributed by atoms with Gasteiger partial charge in [0.05, 0.1) is 13.2 Å². The molecule has 2 atom stereocenters. The number of hydrogen-bond donors (Lipinski definition) is 1. The minimum absolute atomic E-state index is 0.0386. The number of nitrogens with zero attached hydrogens (tertiary/aromatic N) is 1. The molecular weight excluding hydrogens is 691 g/mol. The van der Waals surface area contributed by atoms with Gasteiger partial charge in [0.2, 0.25) is 0 Å². The number of carbonyl (C=O) groups excluding carboxylic acids is 1. The van der Waals surface area contributed by atoms with Crippen LogP contribution in [0.3, 0.4) is 0 Å². The molecule has 1 N–H and O–H groups in total. The van der Waals surface area contributed by atoms with Crippen LogP contribution in [-0.4, -0.2) is 62.5 Å². The molecule has 56 heavy (non-hydrogen) atoms. The van der Waals surface area contributed by atoms with Gasteiger partial charge in [0.15, 0.2) is 0 Å². The molecule has 338 valence electrons. The van der Waals surface area contributed by atoms with Crippen molar-refractivity contribution in [3.63, 3.8) is 0 Å². The lowest BCUT2D eigenvalue weighted by Crippen LogP contribution is -2.29. The Hall–Kier alpha value is -0.650. The van der Waals surface area contributed by atoms with Gasteiger partial charge in [-0.05, 0) is 63.5 Å². The first kappa shape index (κ1) is 57.4. The highest BCUT2D eigenvalue weighted by molar-refractivity contribution is 5.69. The van der Waals surface area contributed by atoms with Crippen molar-refractivity contribution < 1.29 is 19.4 Å². The average molecular weight is 796 g/mol. The van der Waals surface area contributed by atoms with Crippen LogP contribution in [-0.2, 0) is 14.3 Å². The van der Waals surface area contributed by atoms with E-state index in [2.05, 4.69) is 39.5 Å². The van der Waals surface area contributed by atoms with E-state index < -0.39 is 0 Å². The lowest BCUT2D eigenvalue weighted by atomic mass is 9.94. The summed E-state index contributed by atoms with van der Waals surface area (Å²) >= 11 is 0. The molecule has 0 amide bonds. The van der Waals surface area contributed by atoms with Gasteiger partial charge < -0.3 is 19.5 Å². The van der Waals surface area contributed by atoms with Gasteiger partial charge in [-0.3, -0.25) is 4.79 Å². The Morgan fingerprint density at radius 2 is 0.750 bits per heavy atom. The van der Waals surface area contributed by atoms with Crippen LogP contribution in [0.5, 0.6) is 0 Å². The topological polar surface area (TPSA) is 59.0 Å². The summed E-state index contributed by atoms with van der Waals surface area (Å²) in [7, 11) is 1.86. The first-order valence-corrected chi connectivity index (χ1v) is 25.5. The third-order valence-electron chi connectivity index (χ3n) is 11.8. The first-order valence-electron chi connectivity index (χ1n) is 25.5. The van der Waals surface area contributed by atoms with Gasteiger partial charge in [0, 0.05) is 26.7 Å². The van der Waals surface area contributed by atoms with Gasteiger partial charge in [-0.25, -0.2) is 0 Å². The summed E-state index contributed by atoms with van der Waals surface area (Å²) in [4.78, 5) is 14.6. The monoisotopic (exact) mass is 796 g/mol. The third kappa shape index (κ3) is 46.0. The van der Waals surface area contributed by atoms with Gasteiger partial charge in [0.1, 0.15) is 0 Å². The van der Waals surface area contributed by atoms with E-state index >= 15 is 0 Å². The van der Waals surface area contributed by atoms with E-state index in [-0.39, 0.29) is 12.6 Å². The standard InChI is InChI=1S/C30H61NO3.C21H44O/c1-4-7-10-12-14-15-17-19-22-29(21-18-16-13-11-8-5-2)28-34-30(33)23-20-25-31(26-27-32)24-9-6-3;1-4-6-8-10-12-13-15-17-19-21(20-22-3)18-16-14-11-9-7-5-2/h29,32H,4-28H2,1-3H3;21H,4-20H2,1-3H3. The predicted octanol–water partition coefficient (Wildman–Crippen LogP) is 15.8. The summed E-state index contributed by atoms with van der Waals surface area (Å²) in [5, 5.41) is 9.24. The number of methoxy groups -OCH3 is 1. The van der Waals surface area contributed by atoms with Crippen LogP contribution < -0.4 is 0 Å². The number of aliphatic hydroxyl groups excluding tert-OH is 1. The molecule has 0 aliphatic rings. The maximum absolute atomic E-state index is 12.4. The molecule has 0 spiro atoms. The zero-order chi connectivity index (χ0) is 41.4. The van der Waals surface area contributed by atoms with Crippen LogP contribution in [0.1, 0.15) is 266 Å². The summed E-state index contributed by atoms with van der Waals surface area (Å²) < 4.78 is 11.2. The SMILES string of the molecule is CCCCCCCCCCC(CCCCCCCC)COC.CCCCCCCCCCC(CCCCCCCC)COC(=O)CCCN(CCO)CCCC. The smallest absolute Gasteiger partial charge is 0.305 e. The molecule has 0 aromatic carbocycles. The lowest BCUT2D eigenvalue weighted by molar-refractivity contribution is -0.145. The Labute approximate surface area is 353 Å². The fourth-order valence-electron chi connectivity index (χ4n) is 8.01.